The van der Waals surface area contributed by atoms with E-state index >= 15 is 0 Å². The Morgan fingerprint density at radius 3 is 2.83 bits per heavy atom. The van der Waals surface area contributed by atoms with Gasteiger partial charge in [0.05, 0.1) is 12.6 Å². The molecule has 1 aliphatic rings. The highest BCUT2D eigenvalue weighted by atomic mass is 16.3. The minimum Gasteiger partial charge on any atom is -0.393 e. The monoisotopic (exact) mass is 247 g/mol. The molecule has 2 unspecified atom stereocenters. The van der Waals surface area contributed by atoms with E-state index < -0.39 is 0 Å². The number of rotatable bonds is 3. The Morgan fingerprint density at radius 1 is 1.44 bits per heavy atom. The molecule has 1 aromatic carbocycles. The van der Waals surface area contributed by atoms with Gasteiger partial charge in [-0.05, 0) is 24.8 Å². The molecule has 3 heteroatoms. The van der Waals surface area contributed by atoms with Gasteiger partial charge in [-0.25, -0.2) is 0 Å². The van der Waals surface area contributed by atoms with Gasteiger partial charge in [-0.15, -0.1) is 0 Å². The van der Waals surface area contributed by atoms with Crippen molar-refractivity contribution in [3.05, 3.63) is 35.4 Å². The Kier molecular flexibility index (Phi) is 4.15. The summed E-state index contributed by atoms with van der Waals surface area (Å²) in [5, 5.41) is 9.68. The predicted molar refractivity (Wildman–Crippen MR) is 71.7 cm³/mol. The van der Waals surface area contributed by atoms with Crippen molar-refractivity contribution in [2.75, 3.05) is 19.6 Å². The van der Waals surface area contributed by atoms with E-state index in [-0.39, 0.29) is 17.8 Å². The third-order valence-electron chi connectivity index (χ3n) is 3.76. The third-order valence-corrected chi connectivity index (χ3v) is 3.76. The number of aryl methyl sites for hydroxylation is 1. The molecule has 1 N–H and O–H groups in total. The predicted octanol–water partition coefficient (Wildman–Crippen LogP) is 1.88. The average Bonchev–Trinajstić information content (AvgIpc) is 2.34. The van der Waals surface area contributed by atoms with Crippen molar-refractivity contribution in [2.45, 2.75) is 26.4 Å². The largest absolute Gasteiger partial charge is 0.393 e. The molecule has 1 fully saturated rings. The molecule has 0 saturated carbocycles. The highest BCUT2D eigenvalue weighted by molar-refractivity contribution is 5.98. The van der Waals surface area contributed by atoms with Crippen LogP contribution in [-0.4, -0.2) is 41.5 Å². The molecule has 1 heterocycles. The van der Waals surface area contributed by atoms with E-state index in [0.717, 1.165) is 30.6 Å². The second kappa shape index (κ2) is 5.63. The van der Waals surface area contributed by atoms with Crippen molar-refractivity contribution in [3.8, 4) is 0 Å². The normalized spacial score (nSPS) is 25.1. The van der Waals surface area contributed by atoms with E-state index in [9.17, 15) is 9.90 Å². The van der Waals surface area contributed by atoms with Gasteiger partial charge in [0.2, 0.25) is 0 Å². The van der Waals surface area contributed by atoms with Crippen molar-refractivity contribution in [3.63, 3.8) is 0 Å². The summed E-state index contributed by atoms with van der Waals surface area (Å²) in [6, 6.07) is 7.71. The first kappa shape index (κ1) is 13.2. The van der Waals surface area contributed by atoms with Crippen LogP contribution in [-0.2, 0) is 0 Å². The van der Waals surface area contributed by atoms with Crippen LogP contribution in [0.1, 0.15) is 29.3 Å². The first-order valence-corrected chi connectivity index (χ1v) is 6.57. The van der Waals surface area contributed by atoms with Gasteiger partial charge in [0, 0.05) is 18.7 Å². The van der Waals surface area contributed by atoms with Gasteiger partial charge >= 0.3 is 0 Å². The maximum absolute atomic E-state index is 12.2. The lowest BCUT2D eigenvalue weighted by molar-refractivity contribution is 0.0344. The van der Waals surface area contributed by atoms with Gasteiger partial charge in [-0.1, -0.05) is 31.2 Å². The third kappa shape index (κ3) is 2.98. The maximum Gasteiger partial charge on any atom is 0.177 e. The van der Waals surface area contributed by atoms with E-state index in [0.29, 0.717) is 6.54 Å². The summed E-state index contributed by atoms with van der Waals surface area (Å²) in [7, 11) is 0. The quantitative estimate of drug-likeness (QED) is 0.829. The van der Waals surface area contributed by atoms with Crippen molar-refractivity contribution >= 4 is 5.78 Å². The van der Waals surface area contributed by atoms with Gasteiger partial charge in [-0.3, -0.25) is 9.69 Å². The minimum atomic E-state index is -0.213. The minimum absolute atomic E-state index is 0.177. The zero-order chi connectivity index (χ0) is 13.1. The maximum atomic E-state index is 12.2. The Hall–Kier alpha value is -1.19. The van der Waals surface area contributed by atoms with E-state index in [1.54, 1.807) is 0 Å². The van der Waals surface area contributed by atoms with Crippen LogP contribution in [0.3, 0.4) is 0 Å². The molecule has 1 saturated heterocycles. The molecule has 1 aromatic rings. The molecular formula is C15H21NO2. The topological polar surface area (TPSA) is 40.5 Å². The van der Waals surface area contributed by atoms with Crippen LogP contribution in [0.5, 0.6) is 0 Å². The van der Waals surface area contributed by atoms with Crippen LogP contribution in [0.15, 0.2) is 24.3 Å². The fourth-order valence-corrected chi connectivity index (χ4v) is 2.54. The van der Waals surface area contributed by atoms with Crippen LogP contribution in [0.4, 0.5) is 0 Å². The van der Waals surface area contributed by atoms with Crippen LogP contribution in [0.2, 0.25) is 0 Å². The molecule has 0 amide bonds. The van der Waals surface area contributed by atoms with Gasteiger partial charge in [0.15, 0.2) is 5.78 Å². The number of Topliss-reactive ketones (excluding diaryl/α,β-unsaturated/α-hetero) is 1. The number of ketones is 1. The standard InChI is InChI=1S/C15H21NO2/c1-11-5-3-4-6-13(11)15(18)10-16-8-7-14(17)12(2)9-16/h3-6,12,14,17H,7-10H2,1-2H3. The van der Waals surface area contributed by atoms with Crippen LogP contribution in [0, 0.1) is 12.8 Å². The van der Waals surface area contributed by atoms with Crippen LogP contribution in [0.25, 0.3) is 0 Å². The summed E-state index contributed by atoms with van der Waals surface area (Å²) < 4.78 is 0. The summed E-state index contributed by atoms with van der Waals surface area (Å²) >= 11 is 0. The number of aliphatic hydroxyl groups excluding tert-OH is 1. The first-order valence-electron chi connectivity index (χ1n) is 6.57. The molecule has 1 aliphatic heterocycles. The van der Waals surface area contributed by atoms with Crippen LogP contribution >= 0.6 is 0 Å². The Balaban J connectivity index is 1.98. The molecule has 0 aromatic heterocycles. The fraction of sp³-hybridized carbons (Fsp3) is 0.533. The van der Waals surface area contributed by atoms with Crippen molar-refractivity contribution in [1.29, 1.82) is 0 Å². The molecule has 3 nitrogen and oxygen atoms in total. The molecule has 0 bridgehead atoms. The van der Waals surface area contributed by atoms with Gasteiger partial charge in [-0.2, -0.15) is 0 Å². The molecule has 0 radical (unpaired) electrons. The van der Waals surface area contributed by atoms with Crippen molar-refractivity contribution in [1.82, 2.24) is 4.90 Å². The Labute approximate surface area is 108 Å². The zero-order valence-corrected chi connectivity index (χ0v) is 11.1. The Bertz CT molecular complexity index is 430. The summed E-state index contributed by atoms with van der Waals surface area (Å²) in [4.78, 5) is 14.4. The zero-order valence-electron chi connectivity index (χ0n) is 11.1. The summed E-state index contributed by atoms with van der Waals surface area (Å²) in [5.41, 5.74) is 1.85. The van der Waals surface area contributed by atoms with E-state index in [1.807, 2.05) is 38.1 Å². The lowest BCUT2D eigenvalue weighted by Crippen LogP contribution is -2.44. The van der Waals surface area contributed by atoms with Gasteiger partial charge in [0.25, 0.3) is 0 Å². The number of hydrogen-bond donors (Lipinski definition) is 1. The molecule has 18 heavy (non-hydrogen) atoms. The number of hydrogen-bond acceptors (Lipinski definition) is 3. The molecular weight excluding hydrogens is 226 g/mol. The van der Waals surface area contributed by atoms with Gasteiger partial charge in [0.1, 0.15) is 0 Å². The fourth-order valence-electron chi connectivity index (χ4n) is 2.54. The lowest BCUT2D eigenvalue weighted by atomic mass is 9.96. The summed E-state index contributed by atoms with van der Waals surface area (Å²) in [5.74, 6) is 0.431. The summed E-state index contributed by atoms with van der Waals surface area (Å²) in [6.07, 6.45) is 0.553. The lowest BCUT2D eigenvalue weighted by Gasteiger charge is -2.33. The van der Waals surface area contributed by atoms with E-state index in [4.69, 9.17) is 0 Å². The molecule has 2 rings (SSSR count). The number of likely N-dealkylation sites (tertiary alicyclic amines) is 1. The van der Waals surface area contributed by atoms with Crippen molar-refractivity contribution in [2.24, 2.45) is 5.92 Å². The van der Waals surface area contributed by atoms with Crippen LogP contribution < -0.4 is 0 Å². The highest BCUT2D eigenvalue weighted by Crippen LogP contribution is 2.17. The average molecular weight is 247 g/mol. The molecule has 98 valence electrons. The summed E-state index contributed by atoms with van der Waals surface area (Å²) in [6.45, 7) is 6.08. The number of nitrogens with zero attached hydrogens (tertiary/aromatic N) is 1. The number of carbonyl (C=O) groups excluding carboxylic acids is 1. The first-order chi connectivity index (χ1) is 8.58. The highest BCUT2D eigenvalue weighted by Gasteiger charge is 2.25. The number of piperidine rings is 1. The number of benzene rings is 1. The smallest absolute Gasteiger partial charge is 0.177 e. The van der Waals surface area contributed by atoms with Gasteiger partial charge < -0.3 is 5.11 Å². The number of carbonyl (C=O) groups is 1. The molecule has 2 atom stereocenters. The molecule has 0 aliphatic carbocycles. The van der Waals surface area contributed by atoms with E-state index in [2.05, 4.69) is 4.90 Å². The second-order valence-corrected chi connectivity index (χ2v) is 5.31. The SMILES string of the molecule is Cc1ccccc1C(=O)CN1CCC(O)C(C)C1. The number of aliphatic hydroxyl groups is 1. The second-order valence-electron chi connectivity index (χ2n) is 5.31. The van der Waals surface area contributed by atoms with Crippen molar-refractivity contribution < 1.29 is 9.90 Å². The molecule has 0 spiro atoms. The van der Waals surface area contributed by atoms with E-state index in [1.165, 1.54) is 0 Å². The Morgan fingerprint density at radius 2 is 2.17 bits per heavy atom.